The Morgan fingerprint density at radius 2 is 1.54 bits per heavy atom. The van der Waals surface area contributed by atoms with Crippen molar-refractivity contribution in [2.24, 2.45) is 0 Å². The number of amides is 1. The average molecular weight is 177 g/mol. The number of carbonyl (C=O) groups is 1. The van der Waals surface area contributed by atoms with Gasteiger partial charge in [-0.05, 0) is 6.42 Å². The van der Waals surface area contributed by atoms with E-state index >= 15 is 0 Å². The van der Waals surface area contributed by atoms with Crippen LogP contribution in [0, 0.1) is 0 Å². The number of carbonyl (C=O) groups excluding carboxylic acids is 1. The Bertz CT molecular complexity index is 219. The van der Waals surface area contributed by atoms with Gasteiger partial charge in [-0.15, -0.1) is 0 Å². The first-order valence-electron chi connectivity index (χ1n) is 4.54. The molecule has 1 aromatic rings. The highest BCUT2D eigenvalue weighted by molar-refractivity contribution is 5.77. The summed E-state index contributed by atoms with van der Waals surface area (Å²) in [5, 5.41) is 0. The van der Waals surface area contributed by atoms with Crippen LogP contribution in [0.2, 0.25) is 0 Å². The van der Waals surface area contributed by atoms with E-state index in [2.05, 4.69) is 0 Å². The molecule has 1 heterocycles. The fraction of sp³-hybridized carbons (Fsp3) is 0.364. The van der Waals surface area contributed by atoms with Crippen LogP contribution in [0.3, 0.4) is 0 Å². The summed E-state index contributed by atoms with van der Waals surface area (Å²) in [5.41, 5.74) is 0. The van der Waals surface area contributed by atoms with Crippen LogP contribution < -0.4 is 0 Å². The molecule has 0 aromatic heterocycles. The summed E-state index contributed by atoms with van der Waals surface area (Å²) in [6.07, 6.45) is 1.81. The Kier molecular flexibility index (Phi) is 4.03. The lowest BCUT2D eigenvalue weighted by Gasteiger charge is -2.03. The molecule has 2 nitrogen and oxygen atoms in total. The minimum absolute atomic E-state index is 0.292. The van der Waals surface area contributed by atoms with E-state index in [1.165, 1.54) is 0 Å². The Balaban J connectivity index is 0.000000132. The van der Waals surface area contributed by atoms with Gasteiger partial charge in [0.1, 0.15) is 0 Å². The van der Waals surface area contributed by atoms with Crippen LogP contribution in [0.15, 0.2) is 36.4 Å². The Hall–Kier alpha value is -1.31. The second-order valence-corrected chi connectivity index (χ2v) is 3.07. The Morgan fingerprint density at radius 1 is 1.08 bits per heavy atom. The van der Waals surface area contributed by atoms with Crippen molar-refractivity contribution in [1.82, 2.24) is 4.90 Å². The van der Waals surface area contributed by atoms with E-state index < -0.39 is 0 Å². The molecule has 0 unspecified atom stereocenters. The molecule has 0 saturated carbocycles. The summed E-state index contributed by atoms with van der Waals surface area (Å²) in [5.74, 6) is 0.292. The third-order valence-corrected chi connectivity index (χ3v) is 1.98. The fourth-order valence-electron chi connectivity index (χ4n) is 1.17. The van der Waals surface area contributed by atoms with Crippen LogP contribution in [0.1, 0.15) is 12.8 Å². The smallest absolute Gasteiger partial charge is 0.222 e. The molecule has 1 fully saturated rings. The van der Waals surface area contributed by atoms with Gasteiger partial charge in [0.05, 0.1) is 0 Å². The average Bonchev–Trinajstić information content (AvgIpc) is 2.55. The summed E-state index contributed by atoms with van der Waals surface area (Å²) >= 11 is 0. The first-order chi connectivity index (χ1) is 6.30. The van der Waals surface area contributed by atoms with Crippen LogP contribution in [0.5, 0.6) is 0 Å². The minimum Gasteiger partial charge on any atom is -0.346 e. The fourth-order valence-corrected chi connectivity index (χ4v) is 1.17. The molecule has 1 amide bonds. The Morgan fingerprint density at radius 3 is 1.69 bits per heavy atom. The highest BCUT2D eigenvalue weighted by Crippen LogP contribution is 2.04. The Labute approximate surface area is 79.2 Å². The number of hydrogen-bond acceptors (Lipinski definition) is 1. The molecule has 1 saturated heterocycles. The second-order valence-electron chi connectivity index (χ2n) is 3.07. The molecular formula is C11H15NO. The standard InChI is InChI=1S/C6H6.C5H9NO/c1-2-4-6-5-3-1;1-6-4-2-3-5(6)7/h1-6H;2-4H2,1H3. The molecule has 1 aliphatic rings. The lowest BCUT2D eigenvalue weighted by molar-refractivity contribution is -0.126. The maximum Gasteiger partial charge on any atom is 0.222 e. The molecule has 0 bridgehead atoms. The van der Waals surface area contributed by atoms with Gasteiger partial charge in [0, 0.05) is 20.0 Å². The summed E-state index contributed by atoms with van der Waals surface area (Å²) < 4.78 is 0. The minimum atomic E-state index is 0.292. The van der Waals surface area contributed by atoms with Gasteiger partial charge in [-0.1, -0.05) is 36.4 Å². The van der Waals surface area contributed by atoms with Gasteiger partial charge in [-0.25, -0.2) is 0 Å². The van der Waals surface area contributed by atoms with E-state index in [-0.39, 0.29) is 0 Å². The molecule has 0 aliphatic carbocycles. The lowest BCUT2D eigenvalue weighted by Crippen LogP contribution is -2.17. The summed E-state index contributed by atoms with van der Waals surface area (Å²) in [4.78, 5) is 12.3. The van der Waals surface area contributed by atoms with E-state index in [1.54, 1.807) is 4.90 Å². The molecular weight excluding hydrogens is 162 g/mol. The van der Waals surface area contributed by atoms with Crippen LogP contribution in [-0.4, -0.2) is 24.4 Å². The van der Waals surface area contributed by atoms with Crippen molar-refractivity contribution in [3.05, 3.63) is 36.4 Å². The van der Waals surface area contributed by atoms with Crippen molar-refractivity contribution in [3.63, 3.8) is 0 Å². The monoisotopic (exact) mass is 177 g/mol. The van der Waals surface area contributed by atoms with E-state index in [0.717, 1.165) is 19.4 Å². The van der Waals surface area contributed by atoms with E-state index in [4.69, 9.17) is 0 Å². The quantitative estimate of drug-likeness (QED) is 0.593. The zero-order valence-corrected chi connectivity index (χ0v) is 7.94. The second kappa shape index (κ2) is 5.36. The largest absolute Gasteiger partial charge is 0.346 e. The van der Waals surface area contributed by atoms with Gasteiger partial charge in [0.15, 0.2) is 0 Å². The summed E-state index contributed by atoms with van der Waals surface area (Å²) in [6, 6.07) is 12.0. The van der Waals surface area contributed by atoms with Crippen LogP contribution >= 0.6 is 0 Å². The van der Waals surface area contributed by atoms with Gasteiger partial charge >= 0.3 is 0 Å². The number of nitrogens with zero attached hydrogens (tertiary/aromatic N) is 1. The maximum atomic E-state index is 10.5. The number of rotatable bonds is 0. The number of hydrogen-bond donors (Lipinski definition) is 0. The predicted octanol–water partition coefficient (Wildman–Crippen LogP) is 1.93. The summed E-state index contributed by atoms with van der Waals surface area (Å²) in [6.45, 7) is 0.957. The van der Waals surface area contributed by atoms with Crippen molar-refractivity contribution in [3.8, 4) is 0 Å². The molecule has 0 atom stereocenters. The lowest BCUT2D eigenvalue weighted by atomic mass is 10.4. The topological polar surface area (TPSA) is 20.3 Å². The van der Waals surface area contributed by atoms with E-state index in [1.807, 2.05) is 43.4 Å². The van der Waals surface area contributed by atoms with Crippen molar-refractivity contribution in [1.29, 1.82) is 0 Å². The molecule has 13 heavy (non-hydrogen) atoms. The van der Waals surface area contributed by atoms with Crippen LogP contribution in [0.4, 0.5) is 0 Å². The van der Waals surface area contributed by atoms with Crippen molar-refractivity contribution < 1.29 is 4.79 Å². The zero-order valence-electron chi connectivity index (χ0n) is 7.94. The third kappa shape index (κ3) is 3.74. The normalized spacial score (nSPS) is 15.2. The van der Waals surface area contributed by atoms with Crippen molar-refractivity contribution in [2.75, 3.05) is 13.6 Å². The molecule has 1 aliphatic heterocycles. The molecule has 2 rings (SSSR count). The zero-order chi connectivity index (χ0) is 9.52. The van der Waals surface area contributed by atoms with Crippen LogP contribution in [0.25, 0.3) is 0 Å². The molecule has 1 aromatic carbocycles. The van der Waals surface area contributed by atoms with Crippen LogP contribution in [-0.2, 0) is 4.79 Å². The highest BCUT2D eigenvalue weighted by Gasteiger charge is 2.14. The van der Waals surface area contributed by atoms with Gasteiger partial charge < -0.3 is 4.90 Å². The molecule has 2 heteroatoms. The highest BCUT2D eigenvalue weighted by atomic mass is 16.2. The number of benzene rings is 1. The van der Waals surface area contributed by atoms with Crippen molar-refractivity contribution in [2.45, 2.75) is 12.8 Å². The van der Waals surface area contributed by atoms with Gasteiger partial charge in [0.2, 0.25) is 5.91 Å². The first-order valence-corrected chi connectivity index (χ1v) is 4.54. The molecule has 0 spiro atoms. The number of likely N-dealkylation sites (tertiary alicyclic amines) is 1. The molecule has 0 radical (unpaired) electrons. The molecule has 70 valence electrons. The van der Waals surface area contributed by atoms with Crippen molar-refractivity contribution >= 4 is 5.91 Å². The summed E-state index contributed by atoms with van der Waals surface area (Å²) in [7, 11) is 1.84. The molecule has 0 N–H and O–H groups in total. The van der Waals surface area contributed by atoms with E-state index in [0.29, 0.717) is 5.91 Å². The SMILES string of the molecule is CN1CCCC1=O.c1ccccc1. The first kappa shape index (κ1) is 9.78. The van der Waals surface area contributed by atoms with E-state index in [9.17, 15) is 4.79 Å². The predicted molar refractivity (Wildman–Crippen MR) is 53.3 cm³/mol. The van der Waals surface area contributed by atoms with Gasteiger partial charge in [-0.3, -0.25) is 4.79 Å². The maximum absolute atomic E-state index is 10.5. The third-order valence-electron chi connectivity index (χ3n) is 1.98. The van der Waals surface area contributed by atoms with Gasteiger partial charge in [0.25, 0.3) is 0 Å². The van der Waals surface area contributed by atoms with Gasteiger partial charge in [-0.2, -0.15) is 0 Å².